The Labute approximate surface area is 147 Å². The lowest BCUT2D eigenvalue weighted by Gasteiger charge is -2.13. The molecule has 0 aliphatic rings. The Bertz CT molecular complexity index is 1020. The van der Waals surface area contributed by atoms with Crippen LogP contribution in [0, 0.1) is 5.82 Å². The number of hydrogen-bond donors (Lipinski definition) is 1. The minimum atomic E-state index is -0.504. The molecule has 3 aromatic rings. The third kappa shape index (κ3) is 3.64. The summed E-state index contributed by atoms with van der Waals surface area (Å²) in [6, 6.07) is 10.1. The van der Waals surface area contributed by atoms with Gasteiger partial charge >= 0.3 is 0 Å². The van der Waals surface area contributed by atoms with E-state index in [4.69, 9.17) is 16.3 Å². The summed E-state index contributed by atoms with van der Waals surface area (Å²) < 4.78 is 20.1. The Morgan fingerprint density at radius 1 is 1.24 bits per heavy atom. The molecule has 0 radical (unpaired) electrons. The van der Waals surface area contributed by atoms with Gasteiger partial charge in [-0.3, -0.25) is 9.59 Å². The van der Waals surface area contributed by atoms with Gasteiger partial charge in [0.15, 0.2) is 5.43 Å². The second-order valence-corrected chi connectivity index (χ2v) is 5.80. The lowest BCUT2D eigenvalue weighted by atomic mass is 10.2. The van der Waals surface area contributed by atoms with Gasteiger partial charge in [0.2, 0.25) is 5.91 Å². The van der Waals surface area contributed by atoms with E-state index in [9.17, 15) is 14.0 Å². The number of amides is 1. The number of nitrogens with one attached hydrogen (secondary N) is 1. The molecule has 1 heterocycles. The predicted octanol–water partition coefficient (Wildman–Crippen LogP) is 3.44. The average molecular weight is 361 g/mol. The van der Waals surface area contributed by atoms with Crippen molar-refractivity contribution in [1.82, 2.24) is 4.57 Å². The zero-order chi connectivity index (χ0) is 18.0. The number of carbonyl (C=O) groups excluding carboxylic acids is 1. The lowest BCUT2D eigenvalue weighted by Crippen LogP contribution is -2.20. The van der Waals surface area contributed by atoms with Crippen molar-refractivity contribution < 1.29 is 13.9 Å². The Balaban J connectivity index is 1.89. The summed E-state index contributed by atoms with van der Waals surface area (Å²) in [5.74, 6) is -0.366. The van der Waals surface area contributed by atoms with Crippen molar-refractivity contribution in [3.63, 3.8) is 0 Å². The Morgan fingerprint density at radius 3 is 2.80 bits per heavy atom. The minimum Gasteiger partial charge on any atom is -0.495 e. The number of ether oxygens (including phenoxy) is 1. The van der Waals surface area contributed by atoms with Crippen molar-refractivity contribution in [2.75, 3.05) is 12.4 Å². The van der Waals surface area contributed by atoms with E-state index in [2.05, 4.69) is 5.32 Å². The molecule has 3 rings (SSSR count). The molecule has 0 spiro atoms. The van der Waals surface area contributed by atoms with Crippen LogP contribution in [-0.4, -0.2) is 17.6 Å². The van der Waals surface area contributed by atoms with Crippen molar-refractivity contribution in [2.24, 2.45) is 0 Å². The van der Waals surface area contributed by atoms with Crippen LogP contribution in [0.3, 0.4) is 0 Å². The number of fused-ring (bicyclic) bond motifs is 1. The fourth-order valence-corrected chi connectivity index (χ4v) is 2.72. The molecule has 1 N–H and O–H groups in total. The Morgan fingerprint density at radius 2 is 2.04 bits per heavy atom. The van der Waals surface area contributed by atoms with E-state index in [1.165, 1.54) is 31.5 Å². The molecule has 0 unspecified atom stereocenters. The molecule has 2 aromatic carbocycles. The molecule has 0 saturated heterocycles. The van der Waals surface area contributed by atoms with Gasteiger partial charge < -0.3 is 14.6 Å². The van der Waals surface area contributed by atoms with Crippen LogP contribution < -0.4 is 15.5 Å². The summed E-state index contributed by atoms with van der Waals surface area (Å²) in [5, 5.41) is 3.40. The maximum atomic E-state index is 13.4. The van der Waals surface area contributed by atoms with Gasteiger partial charge in [0.1, 0.15) is 18.1 Å². The number of carbonyl (C=O) groups is 1. The molecule has 0 saturated carbocycles. The fourth-order valence-electron chi connectivity index (χ4n) is 2.54. The first-order valence-corrected chi connectivity index (χ1v) is 7.78. The van der Waals surface area contributed by atoms with Gasteiger partial charge in [0.25, 0.3) is 0 Å². The number of nitrogens with zero attached hydrogens (tertiary/aromatic N) is 1. The van der Waals surface area contributed by atoms with Crippen LogP contribution in [0.25, 0.3) is 10.9 Å². The number of rotatable bonds is 4. The first-order valence-electron chi connectivity index (χ1n) is 7.40. The standard InChI is InChI=1S/C18H14ClFN2O3/c1-25-17-5-2-11(19)8-14(17)21-18(24)10-22-7-6-16(23)13-9-12(20)3-4-15(13)22/h2-9H,10H2,1H3,(H,21,24). The van der Waals surface area contributed by atoms with Crippen LogP contribution in [-0.2, 0) is 11.3 Å². The zero-order valence-corrected chi connectivity index (χ0v) is 14.0. The summed E-state index contributed by atoms with van der Waals surface area (Å²) in [5.41, 5.74) is 0.612. The van der Waals surface area contributed by atoms with Crippen LogP contribution in [0.5, 0.6) is 5.75 Å². The minimum absolute atomic E-state index is 0.0575. The predicted molar refractivity (Wildman–Crippen MR) is 94.8 cm³/mol. The Kier molecular flexibility index (Phi) is 4.72. The molecular weight excluding hydrogens is 347 g/mol. The molecular formula is C18H14ClFN2O3. The lowest BCUT2D eigenvalue weighted by molar-refractivity contribution is -0.116. The quantitative estimate of drug-likeness (QED) is 0.775. The van der Waals surface area contributed by atoms with Crippen LogP contribution in [0.1, 0.15) is 0 Å². The monoisotopic (exact) mass is 360 g/mol. The maximum absolute atomic E-state index is 13.4. The fraction of sp³-hybridized carbons (Fsp3) is 0.111. The van der Waals surface area contributed by atoms with E-state index in [1.54, 1.807) is 22.8 Å². The van der Waals surface area contributed by atoms with E-state index in [0.29, 0.717) is 22.0 Å². The summed E-state index contributed by atoms with van der Waals surface area (Å²) in [4.78, 5) is 24.2. The van der Waals surface area contributed by atoms with Gasteiger partial charge in [0.05, 0.1) is 18.3 Å². The van der Waals surface area contributed by atoms with E-state index in [-0.39, 0.29) is 23.3 Å². The van der Waals surface area contributed by atoms with E-state index in [1.807, 2.05) is 0 Å². The second-order valence-electron chi connectivity index (χ2n) is 5.36. The molecule has 1 amide bonds. The summed E-state index contributed by atoms with van der Waals surface area (Å²) in [6.07, 6.45) is 1.50. The molecule has 1 aromatic heterocycles. The van der Waals surface area contributed by atoms with Crippen LogP contribution in [0.15, 0.2) is 53.5 Å². The SMILES string of the molecule is COc1ccc(Cl)cc1NC(=O)Cn1ccc(=O)c2cc(F)ccc21. The molecule has 25 heavy (non-hydrogen) atoms. The van der Waals surface area contributed by atoms with Crippen molar-refractivity contribution in [2.45, 2.75) is 6.54 Å². The highest BCUT2D eigenvalue weighted by atomic mass is 35.5. The Hall–Kier alpha value is -2.86. The van der Waals surface area contributed by atoms with E-state index >= 15 is 0 Å². The molecule has 0 atom stereocenters. The highest BCUT2D eigenvalue weighted by Gasteiger charge is 2.11. The molecule has 0 aliphatic carbocycles. The van der Waals surface area contributed by atoms with Gasteiger partial charge in [0, 0.05) is 22.7 Å². The molecule has 0 aliphatic heterocycles. The van der Waals surface area contributed by atoms with Gasteiger partial charge in [-0.15, -0.1) is 0 Å². The van der Waals surface area contributed by atoms with Gasteiger partial charge in [-0.05, 0) is 36.4 Å². The molecule has 0 fully saturated rings. The summed E-state index contributed by atoms with van der Waals surface area (Å²) in [6.45, 7) is -0.0575. The third-order valence-corrected chi connectivity index (χ3v) is 3.92. The van der Waals surface area contributed by atoms with Crippen LogP contribution in [0.2, 0.25) is 5.02 Å². The van der Waals surface area contributed by atoms with Crippen LogP contribution in [0.4, 0.5) is 10.1 Å². The first-order chi connectivity index (χ1) is 12.0. The summed E-state index contributed by atoms with van der Waals surface area (Å²) in [7, 11) is 1.49. The summed E-state index contributed by atoms with van der Waals surface area (Å²) >= 11 is 5.95. The average Bonchev–Trinajstić information content (AvgIpc) is 2.58. The molecule has 5 nitrogen and oxygen atoms in total. The van der Waals surface area contributed by atoms with Crippen molar-refractivity contribution >= 4 is 34.1 Å². The highest BCUT2D eigenvalue weighted by Crippen LogP contribution is 2.27. The molecule has 7 heteroatoms. The first kappa shape index (κ1) is 17.0. The number of anilines is 1. The van der Waals surface area contributed by atoms with Crippen molar-refractivity contribution in [1.29, 1.82) is 0 Å². The van der Waals surface area contributed by atoms with Gasteiger partial charge in [-0.1, -0.05) is 11.6 Å². The number of aromatic nitrogens is 1. The van der Waals surface area contributed by atoms with E-state index < -0.39 is 5.82 Å². The number of benzene rings is 2. The molecule has 128 valence electrons. The number of methoxy groups -OCH3 is 1. The number of hydrogen-bond acceptors (Lipinski definition) is 3. The molecule has 0 bridgehead atoms. The van der Waals surface area contributed by atoms with Gasteiger partial charge in [-0.25, -0.2) is 4.39 Å². The van der Waals surface area contributed by atoms with Gasteiger partial charge in [-0.2, -0.15) is 0 Å². The number of pyridine rings is 1. The van der Waals surface area contributed by atoms with E-state index in [0.717, 1.165) is 6.07 Å². The third-order valence-electron chi connectivity index (χ3n) is 3.69. The largest absolute Gasteiger partial charge is 0.495 e. The van der Waals surface area contributed by atoms with Crippen molar-refractivity contribution in [3.8, 4) is 5.75 Å². The second kappa shape index (κ2) is 6.94. The smallest absolute Gasteiger partial charge is 0.244 e. The maximum Gasteiger partial charge on any atom is 0.244 e. The van der Waals surface area contributed by atoms with Crippen molar-refractivity contribution in [3.05, 3.63) is 69.7 Å². The topological polar surface area (TPSA) is 60.3 Å². The zero-order valence-electron chi connectivity index (χ0n) is 13.3. The van der Waals surface area contributed by atoms with Crippen LogP contribution >= 0.6 is 11.6 Å². The number of halogens is 2. The normalized spacial score (nSPS) is 10.7. The highest BCUT2D eigenvalue weighted by molar-refractivity contribution is 6.31.